The number of carbonyl (C=O) groups excluding carboxylic acids is 2. The van der Waals surface area contributed by atoms with Gasteiger partial charge in [0.25, 0.3) is 0 Å². The fourth-order valence-corrected chi connectivity index (χ4v) is 3.08. The number of thioether (sulfide) groups is 1. The lowest BCUT2D eigenvalue weighted by atomic mass is 9.90. The second-order valence-electron chi connectivity index (χ2n) is 7.42. The van der Waals surface area contributed by atoms with Gasteiger partial charge in [-0.25, -0.2) is 4.79 Å². The first-order valence-corrected chi connectivity index (χ1v) is 9.78. The summed E-state index contributed by atoms with van der Waals surface area (Å²) in [4.78, 5) is 24.3. The van der Waals surface area contributed by atoms with Gasteiger partial charge < -0.3 is 15.4 Å². The summed E-state index contributed by atoms with van der Waals surface area (Å²) >= 11 is 1.52. The number of hydrogen-bond acceptors (Lipinski definition) is 4. The van der Waals surface area contributed by atoms with Gasteiger partial charge in [0.05, 0.1) is 10.8 Å². The minimum atomic E-state index is -0.521. The zero-order valence-electron chi connectivity index (χ0n) is 15.2. The van der Waals surface area contributed by atoms with Crippen molar-refractivity contribution in [3.05, 3.63) is 0 Å². The van der Waals surface area contributed by atoms with E-state index in [1.165, 1.54) is 24.6 Å². The summed E-state index contributed by atoms with van der Waals surface area (Å²) in [5.41, 5.74) is -0.917. The van der Waals surface area contributed by atoms with Crippen molar-refractivity contribution < 1.29 is 14.3 Å². The number of nitrogens with one attached hydrogen (secondary N) is 2. The van der Waals surface area contributed by atoms with Crippen LogP contribution in [-0.2, 0) is 9.53 Å². The van der Waals surface area contributed by atoms with Gasteiger partial charge in [0.2, 0.25) is 5.91 Å². The first-order valence-electron chi connectivity index (χ1n) is 8.49. The molecule has 23 heavy (non-hydrogen) atoms. The Kier molecular flexibility index (Phi) is 7.71. The lowest BCUT2D eigenvalue weighted by Crippen LogP contribution is -2.56. The molecule has 1 aliphatic carbocycles. The van der Waals surface area contributed by atoms with E-state index in [0.717, 1.165) is 25.7 Å². The summed E-state index contributed by atoms with van der Waals surface area (Å²) in [5.74, 6) is 0.0205. The van der Waals surface area contributed by atoms with E-state index >= 15 is 0 Å². The highest BCUT2D eigenvalue weighted by atomic mass is 32.2. The molecule has 1 rings (SSSR count). The summed E-state index contributed by atoms with van der Waals surface area (Å²) in [6.07, 6.45) is 7.74. The average Bonchev–Trinajstić information content (AvgIpc) is 2.67. The van der Waals surface area contributed by atoms with Crippen molar-refractivity contribution >= 4 is 23.8 Å². The number of amides is 2. The molecule has 0 saturated heterocycles. The molecule has 6 heteroatoms. The largest absolute Gasteiger partial charge is 0.444 e. The third-order valence-corrected chi connectivity index (χ3v) is 5.07. The molecule has 0 bridgehead atoms. The fourth-order valence-electron chi connectivity index (χ4n) is 2.78. The molecule has 1 unspecified atom stereocenters. The molecule has 1 saturated carbocycles. The Labute approximate surface area is 144 Å². The lowest BCUT2D eigenvalue weighted by Gasteiger charge is -2.35. The molecule has 1 fully saturated rings. The maximum absolute atomic E-state index is 12.2. The Balaban J connectivity index is 2.73. The van der Waals surface area contributed by atoms with Crippen molar-refractivity contribution in [3.8, 4) is 0 Å². The van der Waals surface area contributed by atoms with Gasteiger partial charge >= 0.3 is 6.09 Å². The fraction of sp³-hybridized carbons (Fsp3) is 0.882. The van der Waals surface area contributed by atoms with Gasteiger partial charge in [-0.05, 0) is 46.8 Å². The molecule has 0 spiro atoms. The number of carbonyl (C=O) groups is 2. The van der Waals surface area contributed by atoms with Crippen molar-refractivity contribution in [1.29, 1.82) is 0 Å². The monoisotopic (exact) mass is 344 g/mol. The molecule has 2 N–H and O–H groups in total. The van der Waals surface area contributed by atoms with Gasteiger partial charge in [0, 0.05) is 6.54 Å². The van der Waals surface area contributed by atoms with Crippen LogP contribution < -0.4 is 10.6 Å². The van der Waals surface area contributed by atoms with Crippen LogP contribution in [0.4, 0.5) is 4.79 Å². The Morgan fingerprint density at radius 2 is 1.74 bits per heavy atom. The van der Waals surface area contributed by atoms with Crippen LogP contribution in [-0.4, -0.2) is 41.2 Å². The van der Waals surface area contributed by atoms with E-state index in [1.807, 2.05) is 34.0 Å². The minimum absolute atomic E-state index is 0.0205. The molecule has 0 aliphatic heterocycles. The van der Waals surface area contributed by atoms with Crippen molar-refractivity contribution in [2.75, 3.05) is 12.8 Å². The van der Waals surface area contributed by atoms with Crippen LogP contribution in [0.1, 0.15) is 66.2 Å². The van der Waals surface area contributed by atoms with Gasteiger partial charge in [-0.15, -0.1) is 0 Å². The van der Waals surface area contributed by atoms with Crippen molar-refractivity contribution in [2.45, 2.75) is 82.6 Å². The molecule has 0 aromatic rings. The maximum atomic E-state index is 12.2. The third kappa shape index (κ3) is 7.46. The van der Waals surface area contributed by atoms with Gasteiger partial charge in [0.15, 0.2) is 0 Å². The molecule has 0 aromatic heterocycles. The number of ether oxygens (including phenoxy) is 1. The van der Waals surface area contributed by atoms with Crippen molar-refractivity contribution in [3.63, 3.8) is 0 Å². The predicted molar refractivity (Wildman–Crippen MR) is 95.8 cm³/mol. The smallest absolute Gasteiger partial charge is 0.408 e. The highest BCUT2D eigenvalue weighted by Gasteiger charge is 2.34. The van der Waals surface area contributed by atoms with Gasteiger partial charge in [-0.1, -0.05) is 25.7 Å². The van der Waals surface area contributed by atoms with Crippen molar-refractivity contribution in [2.24, 2.45) is 0 Å². The number of rotatable bonds is 5. The van der Waals surface area contributed by atoms with Crippen LogP contribution in [0, 0.1) is 0 Å². The molecule has 2 amide bonds. The standard InChI is InChI=1S/C17H32N2O3S/c1-13(23-5)14(20)18-12-17(10-8-6-7-9-11-17)19-15(21)22-16(2,3)4/h13H,6-12H2,1-5H3,(H,18,20)(H,19,21). The molecule has 1 atom stereocenters. The molecule has 134 valence electrons. The molecule has 5 nitrogen and oxygen atoms in total. The first-order chi connectivity index (χ1) is 10.7. The Morgan fingerprint density at radius 1 is 1.17 bits per heavy atom. The van der Waals surface area contributed by atoms with Gasteiger partial charge in [0.1, 0.15) is 5.60 Å². The zero-order valence-corrected chi connectivity index (χ0v) is 16.0. The van der Waals surface area contributed by atoms with Crippen LogP contribution in [0.5, 0.6) is 0 Å². The molecular formula is C17H32N2O3S. The highest BCUT2D eigenvalue weighted by molar-refractivity contribution is 7.99. The Hall–Kier alpha value is -0.910. The molecule has 0 heterocycles. The number of hydrogen-bond donors (Lipinski definition) is 2. The summed E-state index contributed by atoms with van der Waals surface area (Å²) < 4.78 is 5.41. The van der Waals surface area contributed by atoms with E-state index in [0.29, 0.717) is 6.54 Å². The molecular weight excluding hydrogens is 312 g/mol. The van der Waals surface area contributed by atoms with E-state index in [9.17, 15) is 9.59 Å². The second kappa shape index (κ2) is 8.81. The lowest BCUT2D eigenvalue weighted by molar-refractivity contribution is -0.120. The van der Waals surface area contributed by atoms with E-state index in [4.69, 9.17) is 4.74 Å². The number of alkyl carbamates (subject to hydrolysis) is 1. The van der Waals surface area contributed by atoms with Gasteiger partial charge in [-0.2, -0.15) is 11.8 Å². The van der Waals surface area contributed by atoms with E-state index in [2.05, 4.69) is 10.6 Å². The summed E-state index contributed by atoms with van der Waals surface area (Å²) in [6, 6.07) is 0. The summed E-state index contributed by atoms with van der Waals surface area (Å²) in [6.45, 7) is 7.92. The quantitative estimate of drug-likeness (QED) is 0.749. The normalized spacial score (nSPS) is 19.3. The third-order valence-electron chi connectivity index (χ3n) is 4.15. The first kappa shape index (κ1) is 20.1. The van der Waals surface area contributed by atoms with Gasteiger partial charge in [-0.3, -0.25) is 4.79 Å². The van der Waals surface area contributed by atoms with Crippen LogP contribution >= 0.6 is 11.8 Å². The van der Waals surface area contributed by atoms with E-state index in [1.54, 1.807) is 0 Å². The topological polar surface area (TPSA) is 67.4 Å². The van der Waals surface area contributed by atoms with E-state index < -0.39 is 17.2 Å². The van der Waals surface area contributed by atoms with Crippen molar-refractivity contribution in [1.82, 2.24) is 10.6 Å². The highest BCUT2D eigenvalue weighted by Crippen LogP contribution is 2.27. The van der Waals surface area contributed by atoms with Crippen LogP contribution in [0.25, 0.3) is 0 Å². The molecule has 0 aromatic carbocycles. The van der Waals surface area contributed by atoms with Crippen LogP contribution in [0.3, 0.4) is 0 Å². The Morgan fingerprint density at radius 3 is 2.22 bits per heavy atom. The SMILES string of the molecule is CSC(C)C(=O)NCC1(NC(=O)OC(C)(C)C)CCCCCC1. The average molecular weight is 345 g/mol. The minimum Gasteiger partial charge on any atom is -0.444 e. The van der Waals surface area contributed by atoms with Crippen LogP contribution in [0.15, 0.2) is 0 Å². The zero-order chi connectivity index (χ0) is 17.5. The molecule has 1 aliphatic rings. The summed E-state index contributed by atoms with van der Waals surface area (Å²) in [7, 11) is 0. The molecule has 0 radical (unpaired) electrons. The maximum Gasteiger partial charge on any atom is 0.408 e. The van der Waals surface area contributed by atoms with E-state index in [-0.39, 0.29) is 11.2 Å². The summed E-state index contributed by atoms with van der Waals surface area (Å²) in [5, 5.41) is 5.98. The Bertz CT molecular complexity index is 399. The predicted octanol–water partition coefficient (Wildman–Crippen LogP) is 3.47. The second-order valence-corrected chi connectivity index (χ2v) is 8.60. The van der Waals surface area contributed by atoms with Crippen LogP contribution in [0.2, 0.25) is 0 Å².